The molecule has 0 saturated carbocycles. The first-order chi connectivity index (χ1) is 7.28. The zero-order chi connectivity index (χ0) is 10.4. The zero-order valence-corrected chi connectivity index (χ0v) is 8.89. The molecule has 0 radical (unpaired) electrons. The van der Waals surface area contributed by atoms with E-state index >= 15 is 0 Å². The molecule has 4 heteroatoms. The van der Waals surface area contributed by atoms with Crippen LogP contribution in [-0.2, 0) is 9.53 Å². The average molecular weight is 210 g/mol. The van der Waals surface area contributed by atoms with E-state index in [1.807, 2.05) is 4.90 Å². The first-order valence-electron chi connectivity index (χ1n) is 5.93. The van der Waals surface area contributed by atoms with Crippen LogP contribution in [0.15, 0.2) is 0 Å². The molecule has 0 aromatic carbocycles. The minimum Gasteiger partial charge on any atom is -0.373 e. The largest absolute Gasteiger partial charge is 0.373 e. The van der Waals surface area contributed by atoms with Crippen LogP contribution in [0.4, 0.5) is 0 Å². The van der Waals surface area contributed by atoms with Gasteiger partial charge in [-0.2, -0.15) is 0 Å². The Morgan fingerprint density at radius 3 is 2.87 bits per heavy atom. The van der Waals surface area contributed by atoms with E-state index in [1.165, 1.54) is 6.42 Å². The molecule has 4 atom stereocenters. The lowest BCUT2D eigenvalue weighted by molar-refractivity contribution is -0.130. The van der Waals surface area contributed by atoms with E-state index in [0.29, 0.717) is 37.1 Å². The number of ether oxygens (including phenoxy) is 1. The minimum absolute atomic E-state index is 0.284. The fraction of sp³-hybridized carbons (Fsp3) is 0.909. The maximum absolute atomic E-state index is 11.8. The molecule has 3 fully saturated rings. The van der Waals surface area contributed by atoms with Crippen molar-refractivity contribution in [2.45, 2.75) is 43.9 Å². The third-order valence-electron chi connectivity index (χ3n) is 4.05. The zero-order valence-electron chi connectivity index (χ0n) is 8.89. The summed E-state index contributed by atoms with van der Waals surface area (Å²) in [5.74, 6) is 0.656. The van der Waals surface area contributed by atoms with Crippen LogP contribution in [0.1, 0.15) is 25.7 Å². The molecule has 84 valence electrons. The SMILES string of the molecule is NCC1CC(=O)N(C2CC3CCC2O3)C1. The summed E-state index contributed by atoms with van der Waals surface area (Å²) in [6, 6.07) is 0.354. The van der Waals surface area contributed by atoms with Gasteiger partial charge in [0.05, 0.1) is 18.2 Å². The number of fused-ring (bicyclic) bond motifs is 2. The van der Waals surface area contributed by atoms with Gasteiger partial charge in [-0.05, 0) is 31.7 Å². The van der Waals surface area contributed by atoms with E-state index < -0.39 is 0 Å². The predicted molar refractivity (Wildman–Crippen MR) is 55.2 cm³/mol. The van der Waals surface area contributed by atoms with E-state index in [0.717, 1.165) is 19.4 Å². The predicted octanol–water partition coefficient (Wildman–Crippen LogP) is 0.114. The van der Waals surface area contributed by atoms with Crippen LogP contribution in [-0.4, -0.2) is 42.1 Å². The molecule has 1 amide bonds. The highest BCUT2D eigenvalue weighted by molar-refractivity contribution is 5.79. The van der Waals surface area contributed by atoms with Crippen molar-refractivity contribution in [2.75, 3.05) is 13.1 Å². The molecule has 4 nitrogen and oxygen atoms in total. The Hall–Kier alpha value is -0.610. The molecule has 2 N–H and O–H groups in total. The summed E-state index contributed by atoms with van der Waals surface area (Å²) in [4.78, 5) is 13.9. The van der Waals surface area contributed by atoms with Gasteiger partial charge < -0.3 is 15.4 Å². The van der Waals surface area contributed by atoms with Crippen molar-refractivity contribution in [2.24, 2.45) is 11.7 Å². The standard InChI is InChI=1S/C11H18N2O2/c12-5-7-3-11(14)13(6-7)9-4-8-1-2-10(9)15-8/h7-10H,1-6,12H2. The number of hydrogen-bond donors (Lipinski definition) is 1. The molecule has 4 unspecified atom stereocenters. The highest BCUT2D eigenvalue weighted by Crippen LogP contribution is 2.39. The molecule has 0 aromatic heterocycles. The summed E-state index contributed by atoms with van der Waals surface area (Å²) < 4.78 is 5.79. The van der Waals surface area contributed by atoms with Crippen molar-refractivity contribution in [1.29, 1.82) is 0 Å². The molecule has 3 rings (SSSR count). The van der Waals surface area contributed by atoms with Crippen molar-refractivity contribution in [3.8, 4) is 0 Å². The Balaban J connectivity index is 1.70. The van der Waals surface area contributed by atoms with Gasteiger partial charge in [-0.1, -0.05) is 0 Å². The maximum atomic E-state index is 11.8. The molecular weight excluding hydrogens is 192 g/mol. The van der Waals surface area contributed by atoms with E-state index in [-0.39, 0.29) is 5.91 Å². The first kappa shape index (κ1) is 9.60. The fourth-order valence-electron chi connectivity index (χ4n) is 3.23. The Morgan fingerprint density at radius 1 is 1.47 bits per heavy atom. The first-order valence-corrected chi connectivity index (χ1v) is 5.93. The van der Waals surface area contributed by atoms with Crippen LogP contribution in [0.3, 0.4) is 0 Å². The second kappa shape index (κ2) is 3.46. The normalized spacial score (nSPS) is 44.3. The molecule has 3 heterocycles. The number of nitrogens with zero attached hydrogens (tertiary/aromatic N) is 1. The number of rotatable bonds is 2. The molecular formula is C11H18N2O2. The lowest BCUT2D eigenvalue weighted by atomic mass is 9.94. The van der Waals surface area contributed by atoms with Crippen LogP contribution >= 0.6 is 0 Å². The van der Waals surface area contributed by atoms with Gasteiger partial charge in [0, 0.05) is 13.0 Å². The van der Waals surface area contributed by atoms with E-state index in [2.05, 4.69) is 0 Å². The Labute approximate surface area is 89.7 Å². The highest BCUT2D eigenvalue weighted by Gasteiger charge is 2.47. The number of amides is 1. The molecule has 3 aliphatic rings. The van der Waals surface area contributed by atoms with Crippen LogP contribution in [0.2, 0.25) is 0 Å². The van der Waals surface area contributed by atoms with Gasteiger partial charge in [0.15, 0.2) is 0 Å². The Bertz CT molecular complexity index is 282. The summed E-state index contributed by atoms with van der Waals surface area (Å²) in [5.41, 5.74) is 5.62. The van der Waals surface area contributed by atoms with Gasteiger partial charge in [0.1, 0.15) is 0 Å². The van der Waals surface area contributed by atoms with Gasteiger partial charge >= 0.3 is 0 Å². The number of carbonyl (C=O) groups is 1. The summed E-state index contributed by atoms with van der Waals surface area (Å²) in [6.45, 7) is 1.48. The molecule has 0 spiro atoms. The summed E-state index contributed by atoms with van der Waals surface area (Å²) >= 11 is 0. The van der Waals surface area contributed by atoms with Gasteiger partial charge in [0.25, 0.3) is 0 Å². The molecule has 0 aromatic rings. The van der Waals surface area contributed by atoms with E-state index in [9.17, 15) is 4.79 Å². The third-order valence-corrected chi connectivity index (χ3v) is 4.05. The third kappa shape index (κ3) is 1.47. The van der Waals surface area contributed by atoms with Crippen LogP contribution in [0.5, 0.6) is 0 Å². The molecule has 3 saturated heterocycles. The second-order valence-electron chi connectivity index (χ2n) is 5.03. The molecule has 15 heavy (non-hydrogen) atoms. The van der Waals surface area contributed by atoms with Crippen LogP contribution in [0.25, 0.3) is 0 Å². The number of carbonyl (C=O) groups excluding carboxylic acids is 1. The van der Waals surface area contributed by atoms with Crippen LogP contribution < -0.4 is 5.73 Å². The monoisotopic (exact) mass is 210 g/mol. The summed E-state index contributed by atoms with van der Waals surface area (Å²) in [6.07, 6.45) is 4.74. The molecule has 2 bridgehead atoms. The number of nitrogens with two attached hydrogens (primary N) is 1. The highest BCUT2D eigenvalue weighted by atomic mass is 16.5. The van der Waals surface area contributed by atoms with Crippen molar-refractivity contribution in [3.63, 3.8) is 0 Å². The minimum atomic E-state index is 0.284. The lowest BCUT2D eigenvalue weighted by Gasteiger charge is -2.29. The van der Waals surface area contributed by atoms with Crippen molar-refractivity contribution >= 4 is 5.91 Å². The van der Waals surface area contributed by atoms with Crippen molar-refractivity contribution in [1.82, 2.24) is 4.90 Å². The van der Waals surface area contributed by atoms with E-state index in [1.54, 1.807) is 0 Å². The van der Waals surface area contributed by atoms with Gasteiger partial charge in [-0.3, -0.25) is 4.79 Å². The second-order valence-corrected chi connectivity index (χ2v) is 5.03. The van der Waals surface area contributed by atoms with Crippen molar-refractivity contribution < 1.29 is 9.53 Å². The Morgan fingerprint density at radius 2 is 2.33 bits per heavy atom. The lowest BCUT2D eigenvalue weighted by Crippen LogP contribution is -2.43. The maximum Gasteiger partial charge on any atom is 0.223 e. The Kier molecular flexibility index (Phi) is 2.21. The van der Waals surface area contributed by atoms with Gasteiger partial charge in [-0.25, -0.2) is 0 Å². The molecule has 3 aliphatic heterocycles. The smallest absolute Gasteiger partial charge is 0.223 e. The topological polar surface area (TPSA) is 55.6 Å². The average Bonchev–Trinajstić information content (AvgIpc) is 2.90. The van der Waals surface area contributed by atoms with Gasteiger partial charge in [-0.15, -0.1) is 0 Å². The van der Waals surface area contributed by atoms with Crippen LogP contribution in [0, 0.1) is 5.92 Å². The summed E-state index contributed by atoms with van der Waals surface area (Å²) in [5, 5.41) is 0. The summed E-state index contributed by atoms with van der Waals surface area (Å²) in [7, 11) is 0. The van der Waals surface area contributed by atoms with Crippen molar-refractivity contribution in [3.05, 3.63) is 0 Å². The quantitative estimate of drug-likeness (QED) is 0.704. The van der Waals surface area contributed by atoms with E-state index in [4.69, 9.17) is 10.5 Å². The molecule has 0 aliphatic carbocycles. The number of likely N-dealkylation sites (tertiary alicyclic amines) is 1. The number of hydrogen-bond acceptors (Lipinski definition) is 3. The fourth-order valence-corrected chi connectivity index (χ4v) is 3.23. The van der Waals surface area contributed by atoms with Gasteiger partial charge in [0.2, 0.25) is 5.91 Å².